The number of nitrogens with two attached hydrogens (primary N) is 1. The molecule has 9 nitrogen and oxygen atoms in total. The van der Waals surface area contributed by atoms with Gasteiger partial charge in [0.15, 0.2) is 0 Å². The molecule has 1 atom stereocenters. The molecular formula is C24H23ClN4O5. The molecule has 0 spiro atoms. The second-order valence-electron chi connectivity index (χ2n) is 7.63. The number of hydrogen-bond donors (Lipinski definition) is 5. The smallest absolute Gasteiger partial charge is 0.326 e. The number of rotatable bonds is 8. The van der Waals surface area contributed by atoms with Gasteiger partial charge < -0.3 is 26.8 Å². The maximum Gasteiger partial charge on any atom is 0.326 e. The molecule has 0 unspecified atom stereocenters. The molecule has 0 heterocycles. The molecular weight excluding hydrogens is 460 g/mol. The van der Waals surface area contributed by atoms with Gasteiger partial charge in [-0.25, -0.2) is 9.59 Å². The van der Waals surface area contributed by atoms with Crippen LogP contribution in [0.4, 0.5) is 16.2 Å². The summed E-state index contributed by atoms with van der Waals surface area (Å²) < 4.78 is 0. The number of hydrogen-bond acceptors (Lipinski definition) is 4. The highest BCUT2D eigenvalue weighted by atomic mass is 35.5. The zero-order chi connectivity index (χ0) is 24.8. The summed E-state index contributed by atoms with van der Waals surface area (Å²) in [7, 11) is 0. The number of benzene rings is 3. The Labute approximate surface area is 200 Å². The lowest BCUT2D eigenvalue weighted by Gasteiger charge is -2.17. The molecule has 3 aromatic carbocycles. The first-order valence-electron chi connectivity index (χ1n) is 10.3. The first-order valence-corrected chi connectivity index (χ1v) is 10.7. The zero-order valence-corrected chi connectivity index (χ0v) is 19.0. The summed E-state index contributed by atoms with van der Waals surface area (Å²) in [5.41, 5.74) is 6.49. The molecule has 0 saturated carbocycles. The Balaban J connectivity index is 1.91. The summed E-state index contributed by atoms with van der Waals surface area (Å²) in [5.74, 6) is -2.72. The van der Waals surface area contributed by atoms with Crippen molar-refractivity contribution < 1.29 is 24.3 Å². The molecule has 0 bridgehead atoms. The Bertz CT molecular complexity index is 1260. The number of carbonyl (C=O) groups is 4. The summed E-state index contributed by atoms with van der Waals surface area (Å²) in [6.45, 7) is 1.79. The fraction of sp³-hybridized carbons (Fsp3) is 0.167. The number of primary amides is 1. The molecule has 0 fully saturated rings. The minimum atomic E-state index is -1.33. The topological polar surface area (TPSA) is 151 Å². The monoisotopic (exact) mass is 482 g/mol. The number of anilines is 2. The lowest BCUT2D eigenvalue weighted by Crippen LogP contribution is -2.41. The predicted molar refractivity (Wildman–Crippen MR) is 130 cm³/mol. The Kier molecular flexibility index (Phi) is 7.70. The third-order valence-electron chi connectivity index (χ3n) is 5.12. The molecule has 34 heavy (non-hydrogen) atoms. The van der Waals surface area contributed by atoms with Gasteiger partial charge in [0.05, 0.1) is 22.0 Å². The first-order chi connectivity index (χ1) is 16.2. The van der Waals surface area contributed by atoms with Gasteiger partial charge in [0.1, 0.15) is 6.04 Å². The van der Waals surface area contributed by atoms with E-state index >= 15 is 0 Å². The third kappa shape index (κ3) is 6.02. The van der Waals surface area contributed by atoms with Crippen LogP contribution in [0.1, 0.15) is 28.8 Å². The minimum Gasteiger partial charge on any atom is -0.480 e. The van der Waals surface area contributed by atoms with E-state index in [1.807, 2.05) is 12.1 Å². The first kappa shape index (κ1) is 24.5. The van der Waals surface area contributed by atoms with Crippen LogP contribution in [0, 0.1) is 6.92 Å². The van der Waals surface area contributed by atoms with Crippen molar-refractivity contribution >= 4 is 57.6 Å². The summed E-state index contributed by atoms with van der Waals surface area (Å²) in [6.07, 6.45) is -0.376. The standard InChI is InChI=1S/C24H23ClN4O5/c1-13-5-4-8-17(25)21(13)29-24(34)28-19-12-15-7-3-2-6-14(15)11-16(19)22(31)27-18(23(32)33)9-10-20(26)30/h2-8,11-12,18H,9-10H2,1H3,(H2,26,30)(H,27,31)(H,32,33)(H2,28,29,34)/t18-/m0/s1. The van der Waals surface area contributed by atoms with Crippen molar-refractivity contribution in [3.05, 3.63) is 70.7 Å². The van der Waals surface area contributed by atoms with Gasteiger partial charge >= 0.3 is 12.0 Å². The largest absolute Gasteiger partial charge is 0.480 e. The number of carboxylic acid groups (broad SMARTS) is 1. The van der Waals surface area contributed by atoms with Gasteiger partial charge in [0.25, 0.3) is 5.91 Å². The molecule has 3 rings (SSSR count). The fourth-order valence-corrected chi connectivity index (χ4v) is 3.64. The number of nitrogens with one attached hydrogen (secondary N) is 3. The van der Waals surface area contributed by atoms with Crippen LogP contribution in [-0.2, 0) is 9.59 Å². The van der Waals surface area contributed by atoms with E-state index in [4.69, 9.17) is 17.3 Å². The molecule has 0 aliphatic rings. The Morgan fingerprint density at radius 2 is 1.68 bits per heavy atom. The molecule has 0 radical (unpaired) electrons. The highest BCUT2D eigenvalue weighted by Crippen LogP contribution is 2.27. The third-order valence-corrected chi connectivity index (χ3v) is 5.44. The van der Waals surface area contributed by atoms with Crippen molar-refractivity contribution in [2.45, 2.75) is 25.8 Å². The van der Waals surface area contributed by atoms with Crippen LogP contribution in [0.3, 0.4) is 0 Å². The molecule has 176 valence electrons. The van der Waals surface area contributed by atoms with Crippen molar-refractivity contribution in [3.8, 4) is 0 Å². The maximum atomic E-state index is 13.0. The van der Waals surface area contributed by atoms with Gasteiger partial charge in [-0.2, -0.15) is 0 Å². The zero-order valence-electron chi connectivity index (χ0n) is 18.2. The van der Waals surface area contributed by atoms with Crippen LogP contribution in [0.2, 0.25) is 5.02 Å². The average molecular weight is 483 g/mol. The average Bonchev–Trinajstić information content (AvgIpc) is 2.78. The second-order valence-corrected chi connectivity index (χ2v) is 8.03. The number of fused-ring (bicyclic) bond motifs is 1. The summed E-state index contributed by atoms with van der Waals surface area (Å²) in [5, 5.41) is 19.0. The highest BCUT2D eigenvalue weighted by molar-refractivity contribution is 6.34. The minimum absolute atomic E-state index is 0.0510. The van der Waals surface area contributed by atoms with Gasteiger partial charge in [0.2, 0.25) is 5.91 Å². The van der Waals surface area contributed by atoms with Crippen LogP contribution >= 0.6 is 11.6 Å². The Morgan fingerprint density at radius 3 is 2.29 bits per heavy atom. The molecule has 0 saturated heterocycles. The quantitative estimate of drug-likeness (QED) is 0.330. The molecule has 6 N–H and O–H groups in total. The number of carbonyl (C=O) groups excluding carboxylic acids is 3. The van der Waals surface area contributed by atoms with Crippen molar-refractivity contribution in [2.24, 2.45) is 5.73 Å². The molecule has 0 aromatic heterocycles. The van der Waals surface area contributed by atoms with Gasteiger partial charge in [-0.1, -0.05) is 48.0 Å². The lowest BCUT2D eigenvalue weighted by atomic mass is 10.0. The van der Waals surface area contributed by atoms with E-state index in [-0.39, 0.29) is 24.1 Å². The maximum absolute atomic E-state index is 13.0. The van der Waals surface area contributed by atoms with Crippen LogP contribution in [-0.4, -0.2) is 35.0 Å². The van der Waals surface area contributed by atoms with Crippen molar-refractivity contribution in [1.82, 2.24) is 5.32 Å². The second kappa shape index (κ2) is 10.7. The van der Waals surface area contributed by atoms with Crippen molar-refractivity contribution in [3.63, 3.8) is 0 Å². The SMILES string of the molecule is Cc1cccc(Cl)c1NC(=O)Nc1cc2ccccc2cc1C(=O)N[C@@H](CCC(N)=O)C(=O)O. The number of carboxylic acids is 1. The molecule has 0 aliphatic carbocycles. The molecule has 10 heteroatoms. The van der Waals surface area contributed by atoms with Gasteiger partial charge in [-0.15, -0.1) is 0 Å². The highest BCUT2D eigenvalue weighted by Gasteiger charge is 2.23. The number of halogens is 1. The molecule has 3 aromatic rings. The van der Waals surface area contributed by atoms with Crippen LogP contribution in [0.5, 0.6) is 0 Å². The number of amides is 4. The number of para-hydroxylation sites is 1. The molecule has 0 aliphatic heterocycles. The van der Waals surface area contributed by atoms with Crippen molar-refractivity contribution in [1.29, 1.82) is 0 Å². The number of urea groups is 1. The summed E-state index contributed by atoms with van der Waals surface area (Å²) in [6, 6.07) is 13.6. The van der Waals surface area contributed by atoms with Crippen LogP contribution < -0.4 is 21.7 Å². The van der Waals surface area contributed by atoms with Crippen molar-refractivity contribution in [2.75, 3.05) is 10.6 Å². The van der Waals surface area contributed by atoms with Crippen LogP contribution in [0.25, 0.3) is 10.8 Å². The normalized spacial score (nSPS) is 11.5. The van der Waals surface area contributed by atoms with Gasteiger partial charge in [-0.3, -0.25) is 9.59 Å². The fourth-order valence-electron chi connectivity index (χ4n) is 3.37. The molecule has 4 amide bonds. The van der Waals surface area contributed by atoms with Crippen LogP contribution in [0.15, 0.2) is 54.6 Å². The van der Waals surface area contributed by atoms with Gasteiger partial charge in [0, 0.05) is 6.42 Å². The van der Waals surface area contributed by atoms with E-state index in [2.05, 4.69) is 16.0 Å². The summed E-state index contributed by atoms with van der Waals surface area (Å²) in [4.78, 5) is 48.4. The van der Waals surface area contributed by atoms with E-state index in [1.165, 1.54) is 0 Å². The summed E-state index contributed by atoms with van der Waals surface area (Å²) >= 11 is 6.18. The Morgan fingerprint density at radius 1 is 1.00 bits per heavy atom. The number of aryl methyl sites for hydroxylation is 1. The van der Waals surface area contributed by atoms with E-state index in [9.17, 15) is 24.3 Å². The Hall–Kier alpha value is -4.11. The number of aliphatic carboxylic acids is 1. The van der Waals surface area contributed by atoms with Gasteiger partial charge in [-0.05, 0) is 47.9 Å². The van der Waals surface area contributed by atoms with E-state index < -0.39 is 29.9 Å². The predicted octanol–water partition coefficient (Wildman–Crippen LogP) is 3.89. The lowest BCUT2D eigenvalue weighted by molar-refractivity contribution is -0.139. The van der Waals surface area contributed by atoms with E-state index in [1.54, 1.807) is 49.4 Å². The van der Waals surface area contributed by atoms with E-state index in [0.29, 0.717) is 16.1 Å². The van der Waals surface area contributed by atoms with E-state index in [0.717, 1.165) is 10.9 Å².